The molecule has 0 N–H and O–H groups in total. The normalized spacial score (nSPS) is 23.4. The van der Waals surface area contributed by atoms with Crippen LogP contribution < -0.4 is 0 Å². The molecule has 1 aromatic heterocycles. The highest BCUT2D eigenvalue weighted by atomic mass is 16.5. The minimum atomic E-state index is 0.202. The Bertz CT molecular complexity index is 434. The molecule has 1 aromatic rings. The minimum Gasteiger partial charge on any atom is -0.378 e. The van der Waals surface area contributed by atoms with Crippen LogP contribution in [0.15, 0.2) is 12.4 Å². The molecule has 1 aliphatic heterocycles. The fraction of sp³-hybridized carbons (Fsp3) is 0.750. The lowest BCUT2D eigenvalue weighted by Gasteiger charge is -2.32. The zero-order chi connectivity index (χ0) is 14.5. The Kier molecular flexibility index (Phi) is 5.17. The second-order valence-corrected chi connectivity index (χ2v) is 6.07. The van der Waals surface area contributed by atoms with E-state index in [0.717, 1.165) is 57.6 Å². The lowest BCUT2D eigenvalue weighted by molar-refractivity contribution is -0.0723. The van der Waals surface area contributed by atoms with Crippen LogP contribution in [-0.4, -0.2) is 53.9 Å². The van der Waals surface area contributed by atoms with Gasteiger partial charge in [-0.15, -0.1) is 0 Å². The van der Waals surface area contributed by atoms with Crippen molar-refractivity contribution < 1.29 is 9.47 Å². The van der Waals surface area contributed by atoms with Gasteiger partial charge in [0.2, 0.25) is 0 Å². The third kappa shape index (κ3) is 4.73. The summed E-state index contributed by atoms with van der Waals surface area (Å²) in [4.78, 5) is 11.1. The summed E-state index contributed by atoms with van der Waals surface area (Å²) in [5.41, 5.74) is 1.17. The van der Waals surface area contributed by atoms with Gasteiger partial charge in [-0.3, -0.25) is 4.90 Å². The largest absolute Gasteiger partial charge is 0.378 e. The van der Waals surface area contributed by atoms with Gasteiger partial charge in [0.05, 0.1) is 19.3 Å². The number of aryl methyl sites for hydroxylation is 1. The van der Waals surface area contributed by atoms with Crippen LogP contribution in [0.2, 0.25) is 0 Å². The number of hydrogen-bond acceptors (Lipinski definition) is 5. The van der Waals surface area contributed by atoms with Crippen LogP contribution in [0.1, 0.15) is 31.2 Å². The first-order chi connectivity index (χ1) is 10.3. The Balaban J connectivity index is 1.43. The molecule has 5 nitrogen and oxygen atoms in total. The zero-order valence-corrected chi connectivity index (χ0v) is 12.8. The summed E-state index contributed by atoms with van der Waals surface area (Å²) in [6.07, 6.45) is 7.66. The van der Waals surface area contributed by atoms with Gasteiger partial charge < -0.3 is 9.47 Å². The number of aromatic nitrogens is 2. The summed E-state index contributed by atoms with van der Waals surface area (Å²) in [6, 6.07) is 0. The van der Waals surface area contributed by atoms with Gasteiger partial charge in [0.1, 0.15) is 5.82 Å². The molecule has 0 radical (unpaired) electrons. The summed E-state index contributed by atoms with van der Waals surface area (Å²) in [5.74, 6) is 1.73. The molecule has 2 heterocycles. The maximum Gasteiger partial charge on any atom is 0.127 e. The van der Waals surface area contributed by atoms with E-state index in [1.165, 1.54) is 18.4 Å². The number of rotatable bonds is 7. The van der Waals surface area contributed by atoms with Crippen molar-refractivity contribution >= 4 is 0 Å². The summed E-state index contributed by atoms with van der Waals surface area (Å²) in [7, 11) is 0. The van der Waals surface area contributed by atoms with Crippen LogP contribution in [0.5, 0.6) is 0 Å². The number of hydrogen-bond donors (Lipinski definition) is 0. The number of nitrogens with zero attached hydrogens (tertiary/aromatic N) is 3. The van der Waals surface area contributed by atoms with Crippen LogP contribution in [0.3, 0.4) is 0 Å². The van der Waals surface area contributed by atoms with Gasteiger partial charge in [-0.2, -0.15) is 0 Å². The third-order valence-electron chi connectivity index (χ3n) is 4.06. The first-order valence-electron chi connectivity index (χ1n) is 8.05. The average Bonchev–Trinajstić information content (AvgIpc) is 3.33. The lowest BCUT2D eigenvalue weighted by atomic mass is 10.2. The highest BCUT2D eigenvalue weighted by molar-refractivity contribution is 5.05. The first kappa shape index (κ1) is 14.9. The van der Waals surface area contributed by atoms with E-state index in [2.05, 4.69) is 21.8 Å². The summed E-state index contributed by atoms with van der Waals surface area (Å²) < 4.78 is 11.5. The highest BCUT2D eigenvalue weighted by Gasteiger charge is 2.24. The molecule has 3 rings (SSSR count). The van der Waals surface area contributed by atoms with Gasteiger partial charge in [0.25, 0.3) is 0 Å². The Morgan fingerprint density at radius 3 is 2.81 bits per heavy atom. The van der Waals surface area contributed by atoms with Crippen molar-refractivity contribution in [2.45, 2.75) is 38.8 Å². The molecule has 0 amide bonds. The molecule has 2 aliphatic rings. The molecular formula is C16H25N3O2. The van der Waals surface area contributed by atoms with Crippen molar-refractivity contribution in [3.63, 3.8) is 0 Å². The van der Waals surface area contributed by atoms with Gasteiger partial charge in [-0.1, -0.05) is 6.92 Å². The number of ether oxygens (including phenoxy) is 2. The molecule has 1 atom stereocenters. The Labute approximate surface area is 126 Å². The molecule has 0 spiro atoms. The summed E-state index contributed by atoms with van der Waals surface area (Å²) in [6.45, 7) is 7.28. The van der Waals surface area contributed by atoms with Crippen LogP contribution in [0.25, 0.3) is 0 Å². The maximum absolute atomic E-state index is 5.79. The quantitative estimate of drug-likeness (QED) is 0.765. The maximum atomic E-state index is 5.79. The molecule has 0 bridgehead atoms. The molecule has 21 heavy (non-hydrogen) atoms. The van der Waals surface area contributed by atoms with E-state index >= 15 is 0 Å². The van der Waals surface area contributed by atoms with Crippen LogP contribution >= 0.6 is 0 Å². The fourth-order valence-electron chi connectivity index (χ4n) is 2.58. The molecule has 0 unspecified atom stereocenters. The first-order valence-corrected chi connectivity index (χ1v) is 8.05. The van der Waals surface area contributed by atoms with Crippen molar-refractivity contribution in [3.8, 4) is 0 Å². The highest BCUT2D eigenvalue weighted by Crippen LogP contribution is 2.28. The minimum absolute atomic E-state index is 0.202. The topological polar surface area (TPSA) is 47.5 Å². The van der Waals surface area contributed by atoms with Crippen molar-refractivity contribution in [2.24, 2.45) is 5.92 Å². The second-order valence-electron chi connectivity index (χ2n) is 6.07. The summed E-state index contributed by atoms with van der Waals surface area (Å²) in [5, 5.41) is 0. The van der Waals surface area contributed by atoms with Crippen molar-refractivity contribution in [1.29, 1.82) is 0 Å². The van der Waals surface area contributed by atoms with E-state index in [4.69, 9.17) is 9.47 Å². The molecule has 1 saturated carbocycles. The van der Waals surface area contributed by atoms with Gasteiger partial charge in [0, 0.05) is 50.6 Å². The van der Waals surface area contributed by atoms with Gasteiger partial charge in [0.15, 0.2) is 0 Å². The third-order valence-corrected chi connectivity index (χ3v) is 4.06. The molecule has 2 fully saturated rings. The average molecular weight is 291 g/mol. The molecule has 1 aliphatic carbocycles. The molecule has 1 saturated heterocycles. The smallest absolute Gasteiger partial charge is 0.127 e. The van der Waals surface area contributed by atoms with Crippen molar-refractivity contribution in [1.82, 2.24) is 14.9 Å². The van der Waals surface area contributed by atoms with E-state index in [0.29, 0.717) is 0 Å². The fourth-order valence-corrected chi connectivity index (χ4v) is 2.58. The lowest BCUT2D eigenvalue weighted by Crippen LogP contribution is -2.44. The zero-order valence-electron chi connectivity index (χ0n) is 12.8. The van der Waals surface area contributed by atoms with Crippen molar-refractivity contribution in [2.75, 3.05) is 32.9 Å². The SMILES string of the molecule is CCc1ncc(CN2CCO[C@@H](COCC3CC3)C2)cn1. The standard InChI is InChI=1S/C16H25N3O2/c1-2-16-17-7-14(8-18-16)9-19-5-6-21-15(10-19)12-20-11-13-3-4-13/h7-8,13,15H,2-6,9-12H2,1H3/t15-/m1/s1. The molecule has 116 valence electrons. The molecule has 0 aromatic carbocycles. The molecular weight excluding hydrogens is 266 g/mol. The van der Waals surface area contributed by atoms with Crippen LogP contribution in [0.4, 0.5) is 0 Å². The van der Waals surface area contributed by atoms with E-state index in [1.807, 2.05) is 12.4 Å². The summed E-state index contributed by atoms with van der Waals surface area (Å²) >= 11 is 0. The Morgan fingerprint density at radius 1 is 1.29 bits per heavy atom. The van der Waals surface area contributed by atoms with E-state index < -0.39 is 0 Å². The molecule has 5 heteroatoms. The predicted octanol–water partition coefficient (Wildman–Crippen LogP) is 1.67. The monoisotopic (exact) mass is 291 g/mol. The van der Waals surface area contributed by atoms with Gasteiger partial charge in [-0.25, -0.2) is 9.97 Å². The van der Waals surface area contributed by atoms with Gasteiger partial charge in [-0.05, 0) is 18.8 Å². The Hall–Kier alpha value is -1.04. The Morgan fingerprint density at radius 2 is 2.10 bits per heavy atom. The van der Waals surface area contributed by atoms with Gasteiger partial charge >= 0.3 is 0 Å². The van der Waals surface area contributed by atoms with Crippen molar-refractivity contribution in [3.05, 3.63) is 23.8 Å². The van der Waals surface area contributed by atoms with E-state index in [1.54, 1.807) is 0 Å². The number of morpholine rings is 1. The van der Waals surface area contributed by atoms with Crippen LogP contribution in [-0.2, 0) is 22.4 Å². The van der Waals surface area contributed by atoms with E-state index in [9.17, 15) is 0 Å². The second kappa shape index (κ2) is 7.29. The van der Waals surface area contributed by atoms with E-state index in [-0.39, 0.29) is 6.10 Å². The van der Waals surface area contributed by atoms with Crippen LogP contribution in [0, 0.1) is 5.92 Å². The predicted molar refractivity (Wildman–Crippen MR) is 80.0 cm³/mol.